The lowest BCUT2D eigenvalue weighted by Crippen LogP contribution is -2.33. The van der Waals surface area contributed by atoms with Crippen molar-refractivity contribution >= 4 is 11.8 Å². The van der Waals surface area contributed by atoms with Gasteiger partial charge in [0.1, 0.15) is 12.4 Å². The van der Waals surface area contributed by atoms with Gasteiger partial charge in [-0.05, 0) is 26.0 Å². The maximum Gasteiger partial charge on any atom is 0.275 e. The largest absolute Gasteiger partial charge is 0.484 e. The Balaban J connectivity index is 1.53. The Morgan fingerprint density at radius 2 is 2.26 bits per heavy atom. The van der Waals surface area contributed by atoms with E-state index in [-0.39, 0.29) is 30.0 Å². The first kappa shape index (κ1) is 18.9. The SMILES string of the molecule is CCN1CC(CN(C)C(=O)c2cc(COc3ccc(C)nc3)on2)CC1=O. The lowest BCUT2D eigenvalue weighted by Gasteiger charge is -2.20. The van der Waals surface area contributed by atoms with Gasteiger partial charge < -0.3 is 19.1 Å². The van der Waals surface area contributed by atoms with E-state index in [2.05, 4.69) is 10.1 Å². The quantitative estimate of drug-likeness (QED) is 0.737. The third-order valence-electron chi connectivity index (χ3n) is 4.60. The van der Waals surface area contributed by atoms with Gasteiger partial charge in [0, 0.05) is 50.8 Å². The second-order valence-electron chi connectivity index (χ2n) is 6.79. The average molecular weight is 372 g/mol. The highest BCUT2D eigenvalue weighted by atomic mass is 16.5. The number of hydrogen-bond donors (Lipinski definition) is 0. The Kier molecular flexibility index (Phi) is 5.73. The number of likely N-dealkylation sites (tertiary alicyclic amines) is 1. The van der Waals surface area contributed by atoms with Crippen molar-refractivity contribution in [2.24, 2.45) is 5.92 Å². The molecule has 1 aliphatic rings. The summed E-state index contributed by atoms with van der Waals surface area (Å²) in [5.41, 5.74) is 1.14. The minimum atomic E-state index is -0.232. The highest BCUT2D eigenvalue weighted by molar-refractivity contribution is 5.92. The molecule has 27 heavy (non-hydrogen) atoms. The number of carbonyl (C=O) groups is 2. The first-order valence-corrected chi connectivity index (χ1v) is 9.00. The van der Waals surface area contributed by atoms with E-state index in [0.717, 1.165) is 5.69 Å². The highest BCUT2D eigenvalue weighted by Crippen LogP contribution is 2.19. The minimum Gasteiger partial charge on any atom is -0.484 e. The first-order valence-electron chi connectivity index (χ1n) is 9.00. The number of nitrogens with zero attached hydrogens (tertiary/aromatic N) is 4. The molecule has 8 heteroatoms. The number of ether oxygens (including phenoxy) is 1. The monoisotopic (exact) mass is 372 g/mol. The average Bonchev–Trinajstić information content (AvgIpc) is 3.27. The standard InChI is InChI=1S/C19H24N4O4/c1-4-23-11-14(7-18(23)24)10-22(3)19(25)17-8-16(27-21-17)12-26-15-6-5-13(2)20-9-15/h5-6,8-9,14H,4,7,10-12H2,1-3H3. The van der Waals surface area contributed by atoms with Crippen LogP contribution < -0.4 is 4.74 Å². The van der Waals surface area contributed by atoms with Gasteiger partial charge in [-0.2, -0.15) is 0 Å². The summed E-state index contributed by atoms with van der Waals surface area (Å²) in [4.78, 5) is 31.9. The van der Waals surface area contributed by atoms with Crippen LogP contribution in [0.15, 0.2) is 28.9 Å². The van der Waals surface area contributed by atoms with Gasteiger partial charge in [0.25, 0.3) is 5.91 Å². The van der Waals surface area contributed by atoms with E-state index in [1.807, 2.05) is 30.9 Å². The number of rotatable bonds is 7. The van der Waals surface area contributed by atoms with Crippen LogP contribution in [-0.2, 0) is 11.4 Å². The molecule has 0 saturated carbocycles. The predicted molar refractivity (Wildman–Crippen MR) is 97.1 cm³/mol. The Morgan fingerprint density at radius 3 is 2.93 bits per heavy atom. The number of pyridine rings is 1. The molecule has 8 nitrogen and oxygen atoms in total. The number of amides is 2. The molecule has 0 radical (unpaired) electrons. The van der Waals surface area contributed by atoms with Gasteiger partial charge in [-0.1, -0.05) is 5.16 Å². The molecular formula is C19H24N4O4. The molecule has 1 saturated heterocycles. The molecule has 0 spiro atoms. The molecule has 0 N–H and O–H groups in total. The second kappa shape index (κ2) is 8.20. The number of aryl methyl sites for hydroxylation is 1. The third kappa shape index (κ3) is 4.64. The van der Waals surface area contributed by atoms with Crippen molar-refractivity contribution < 1.29 is 18.8 Å². The third-order valence-corrected chi connectivity index (χ3v) is 4.60. The summed E-state index contributed by atoms with van der Waals surface area (Å²) >= 11 is 0. The fraction of sp³-hybridized carbons (Fsp3) is 0.474. The molecule has 2 aromatic heterocycles. The van der Waals surface area contributed by atoms with Crippen molar-refractivity contribution in [2.45, 2.75) is 26.9 Å². The molecule has 1 unspecified atom stereocenters. The summed E-state index contributed by atoms with van der Waals surface area (Å²) in [6, 6.07) is 5.26. The molecule has 1 aliphatic heterocycles. The number of aromatic nitrogens is 2. The molecule has 0 bridgehead atoms. The topological polar surface area (TPSA) is 88.8 Å². The molecule has 144 valence electrons. The maximum atomic E-state index is 12.5. The fourth-order valence-electron chi connectivity index (χ4n) is 3.12. The summed E-state index contributed by atoms with van der Waals surface area (Å²) in [7, 11) is 1.71. The van der Waals surface area contributed by atoms with Crippen LogP contribution in [0.2, 0.25) is 0 Å². The second-order valence-corrected chi connectivity index (χ2v) is 6.79. The van der Waals surface area contributed by atoms with Crippen LogP contribution >= 0.6 is 0 Å². The summed E-state index contributed by atoms with van der Waals surface area (Å²) in [6.07, 6.45) is 2.11. The molecule has 1 fully saturated rings. The summed E-state index contributed by atoms with van der Waals surface area (Å²) in [5, 5.41) is 3.85. The van der Waals surface area contributed by atoms with Gasteiger partial charge >= 0.3 is 0 Å². The van der Waals surface area contributed by atoms with Crippen molar-refractivity contribution in [2.75, 3.05) is 26.7 Å². The maximum absolute atomic E-state index is 12.5. The van der Waals surface area contributed by atoms with E-state index < -0.39 is 0 Å². The smallest absolute Gasteiger partial charge is 0.275 e. The Labute approximate surface area is 158 Å². The van der Waals surface area contributed by atoms with Gasteiger partial charge in [-0.3, -0.25) is 14.6 Å². The normalized spacial score (nSPS) is 16.6. The zero-order valence-corrected chi connectivity index (χ0v) is 15.8. The van der Waals surface area contributed by atoms with E-state index in [1.54, 1.807) is 24.2 Å². The molecule has 0 aromatic carbocycles. The molecule has 2 amide bonds. The van der Waals surface area contributed by atoms with Crippen LogP contribution in [0.3, 0.4) is 0 Å². The molecule has 0 aliphatic carbocycles. The predicted octanol–water partition coefficient (Wildman–Crippen LogP) is 1.90. The first-order chi connectivity index (χ1) is 13.0. The van der Waals surface area contributed by atoms with Crippen molar-refractivity contribution in [1.29, 1.82) is 0 Å². The van der Waals surface area contributed by atoms with Crippen molar-refractivity contribution in [3.8, 4) is 5.75 Å². The minimum absolute atomic E-state index is 0.148. The molecule has 3 rings (SSSR count). The Bertz CT molecular complexity index is 802. The zero-order chi connectivity index (χ0) is 19.4. The molecule has 3 heterocycles. The summed E-state index contributed by atoms with van der Waals surface area (Å²) < 4.78 is 10.8. The van der Waals surface area contributed by atoms with Crippen LogP contribution in [0, 0.1) is 12.8 Å². The summed E-state index contributed by atoms with van der Waals surface area (Å²) in [5.74, 6) is 1.14. The van der Waals surface area contributed by atoms with E-state index in [1.165, 1.54) is 0 Å². The van der Waals surface area contributed by atoms with Crippen molar-refractivity contribution in [3.63, 3.8) is 0 Å². The van der Waals surface area contributed by atoms with Crippen LogP contribution in [0.25, 0.3) is 0 Å². The Morgan fingerprint density at radius 1 is 1.44 bits per heavy atom. The van der Waals surface area contributed by atoms with E-state index in [9.17, 15) is 9.59 Å². The van der Waals surface area contributed by atoms with Gasteiger partial charge in [-0.15, -0.1) is 0 Å². The van der Waals surface area contributed by atoms with Crippen molar-refractivity contribution in [1.82, 2.24) is 19.9 Å². The van der Waals surface area contributed by atoms with Crippen LogP contribution in [0.4, 0.5) is 0 Å². The van der Waals surface area contributed by atoms with E-state index in [0.29, 0.717) is 37.6 Å². The number of carbonyl (C=O) groups excluding carboxylic acids is 2. The van der Waals surface area contributed by atoms with Crippen molar-refractivity contribution in [3.05, 3.63) is 41.5 Å². The highest BCUT2D eigenvalue weighted by Gasteiger charge is 2.30. The van der Waals surface area contributed by atoms with E-state index >= 15 is 0 Å². The molecular weight excluding hydrogens is 348 g/mol. The van der Waals surface area contributed by atoms with Gasteiger partial charge in [0.15, 0.2) is 11.5 Å². The fourth-order valence-corrected chi connectivity index (χ4v) is 3.12. The van der Waals surface area contributed by atoms with Gasteiger partial charge in [0.05, 0.1) is 6.20 Å². The molecule has 2 aromatic rings. The van der Waals surface area contributed by atoms with Crippen LogP contribution in [0.1, 0.15) is 35.3 Å². The lowest BCUT2D eigenvalue weighted by molar-refractivity contribution is -0.127. The number of hydrogen-bond acceptors (Lipinski definition) is 6. The molecule has 1 atom stereocenters. The van der Waals surface area contributed by atoms with Crippen LogP contribution in [-0.4, -0.2) is 58.4 Å². The summed E-state index contributed by atoms with van der Waals surface area (Å²) in [6.45, 7) is 5.92. The van der Waals surface area contributed by atoms with Crippen LogP contribution in [0.5, 0.6) is 5.75 Å². The Hall–Kier alpha value is -2.90. The lowest BCUT2D eigenvalue weighted by atomic mass is 10.1. The van der Waals surface area contributed by atoms with E-state index in [4.69, 9.17) is 9.26 Å². The zero-order valence-electron chi connectivity index (χ0n) is 15.8. The van der Waals surface area contributed by atoms with Gasteiger partial charge in [0.2, 0.25) is 5.91 Å². The van der Waals surface area contributed by atoms with Gasteiger partial charge in [-0.25, -0.2) is 0 Å².